The average molecular weight is 379 g/mol. The number of hydrogen-bond acceptors (Lipinski definition) is 4. The van der Waals surface area contributed by atoms with Gasteiger partial charge in [0, 0.05) is 28.6 Å². The van der Waals surface area contributed by atoms with Crippen LogP contribution in [-0.2, 0) is 7.05 Å². The Morgan fingerprint density at radius 1 is 1.15 bits per heavy atom. The number of oxime groups is 1. The van der Waals surface area contributed by atoms with Crippen molar-refractivity contribution in [1.29, 1.82) is 0 Å². The lowest BCUT2D eigenvalue weighted by Gasteiger charge is -2.10. The van der Waals surface area contributed by atoms with E-state index in [-0.39, 0.29) is 11.6 Å². The minimum absolute atomic E-state index is 0.0293. The van der Waals surface area contributed by atoms with Crippen LogP contribution in [0.5, 0.6) is 5.75 Å². The van der Waals surface area contributed by atoms with Crippen LogP contribution in [0, 0.1) is 25.7 Å². The molecule has 0 aliphatic heterocycles. The topological polar surface area (TPSA) is 83.8 Å². The third-order valence-electron chi connectivity index (χ3n) is 4.55. The zero-order valence-corrected chi connectivity index (χ0v) is 16.5. The SMILES string of the molecule is CC#Cc1c(-c2ccc(O)cc2)c(-c2c(C)csc2C)c(C(N)=NO)n1C. The third-order valence-corrected chi connectivity index (χ3v) is 5.58. The quantitative estimate of drug-likeness (QED) is 0.210. The summed E-state index contributed by atoms with van der Waals surface area (Å²) >= 11 is 1.66. The van der Waals surface area contributed by atoms with E-state index in [1.807, 2.05) is 30.7 Å². The Balaban J connectivity index is 2.53. The molecule has 6 heteroatoms. The molecule has 0 bridgehead atoms. The standard InChI is InChI=1S/C21H21N3O2S/c1-5-6-16-18(14-7-9-15(25)10-8-14)19(17-12(2)11-27-13(17)3)20(24(16)4)21(22)23-26/h7-11,25-26H,1-4H3,(H2,22,23). The molecule has 2 aromatic heterocycles. The monoisotopic (exact) mass is 379 g/mol. The number of aromatic hydroxyl groups is 1. The molecule has 0 aliphatic rings. The Bertz CT molecular complexity index is 1070. The van der Waals surface area contributed by atoms with E-state index >= 15 is 0 Å². The highest BCUT2D eigenvalue weighted by molar-refractivity contribution is 7.10. The number of rotatable bonds is 3. The summed E-state index contributed by atoms with van der Waals surface area (Å²) in [6.07, 6.45) is 0. The molecule has 0 unspecified atom stereocenters. The third kappa shape index (κ3) is 3.07. The van der Waals surface area contributed by atoms with Gasteiger partial charge in [-0.2, -0.15) is 0 Å². The lowest BCUT2D eigenvalue weighted by molar-refractivity contribution is 0.318. The number of thiophene rings is 1. The molecule has 2 heterocycles. The van der Waals surface area contributed by atoms with Crippen LogP contribution in [0.25, 0.3) is 22.3 Å². The van der Waals surface area contributed by atoms with Crippen molar-refractivity contribution in [3.63, 3.8) is 0 Å². The summed E-state index contributed by atoms with van der Waals surface area (Å²) in [6, 6.07) is 6.99. The van der Waals surface area contributed by atoms with Crippen molar-refractivity contribution in [2.75, 3.05) is 0 Å². The summed E-state index contributed by atoms with van der Waals surface area (Å²) in [5, 5.41) is 24.5. The molecule has 3 aromatic rings. The number of nitrogens with zero attached hydrogens (tertiary/aromatic N) is 2. The first kappa shape index (κ1) is 18.6. The average Bonchev–Trinajstić information content (AvgIpc) is 3.12. The largest absolute Gasteiger partial charge is 0.508 e. The van der Waals surface area contributed by atoms with Gasteiger partial charge in [0.25, 0.3) is 0 Å². The van der Waals surface area contributed by atoms with E-state index < -0.39 is 0 Å². The first-order valence-corrected chi connectivity index (χ1v) is 9.26. The maximum Gasteiger partial charge on any atom is 0.187 e. The van der Waals surface area contributed by atoms with E-state index in [0.717, 1.165) is 38.4 Å². The fourth-order valence-corrected chi connectivity index (χ4v) is 4.25. The molecule has 138 valence electrons. The van der Waals surface area contributed by atoms with Crippen molar-refractivity contribution in [2.24, 2.45) is 17.9 Å². The second-order valence-electron chi connectivity index (χ2n) is 6.26. The molecule has 5 nitrogen and oxygen atoms in total. The van der Waals surface area contributed by atoms with E-state index in [9.17, 15) is 10.3 Å². The molecule has 0 amide bonds. The van der Waals surface area contributed by atoms with Crippen molar-refractivity contribution >= 4 is 17.2 Å². The van der Waals surface area contributed by atoms with Crippen LogP contribution < -0.4 is 5.73 Å². The van der Waals surface area contributed by atoms with Gasteiger partial charge in [-0.25, -0.2) is 0 Å². The van der Waals surface area contributed by atoms with Crippen LogP contribution in [0.2, 0.25) is 0 Å². The molecule has 0 radical (unpaired) electrons. The highest BCUT2D eigenvalue weighted by atomic mass is 32.1. The summed E-state index contributed by atoms with van der Waals surface area (Å²) in [7, 11) is 1.86. The van der Waals surface area contributed by atoms with Crippen molar-refractivity contribution in [3.05, 3.63) is 51.5 Å². The number of phenolic OH excluding ortho intramolecular Hbond substituents is 1. The number of amidine groups is 1. The van der Waals surface area contributed by atoms with Crippen LogP contribution >= 0.6 is 11.3 Å². The molecule has 0 saturated heterocycles. The smallest absolute Gasteiger partial charge is 0.187 e. The van der Waals surface area contributed by atoms with Gasteiger partial charge >= 0.3 is 0 Å². The maximum absolute atomic E-state index is 9.70. The Kier molecular flexibility index (Phi) is 4.98. The van der Waals surface area contributed by atoms with Crippen molar-refractivity contribution in [3.8, 4) is 39.8 Å². The van der Waals surface area contributed by atoms with Crippen molar-refractivity contribution in [1.82, 2.24) is 4.57 Å². The highest BCUT2D eigenvalue weighted by Gasteiger charge is 2.27. The van der Waals surface area contributed by atoms with Gasteiger partial charge in [0.05, 0.1) is 5.69 Å². The van der Waals surface area contributed by atoms with E-state index in [1.54, 1.807) is 30.4 Å². The molecule has 0 atom stereocenters. The summed E-state index contributed by atoms with van der Waals surface area (Å²) in [5.41, 5.74) is 12.3. The second kappa shape index (κ2) is 7.22. The van der Waals surface area contributed by atoms with E-state index in [4.69, 9.17) is 5.73 Å². The molecular formula is C21H21N3O2S. The molecule has 4 N–H and O–H groups in total. The second-order valence-corrected chi connectivity index (χ2v) is 7.35. The number of phenols is 1. The molecule has 0 fully saturated rings. The predicted octanol–water partition coefficient (Wildman–Crippen LogP) is 4.21. The van der Waals surface area contributed by atoms with Gasteiger partial charge in [0.2, 0.25) is 0 Å². The fraction of sp³-hybridized carbons (Fsp3) is 0.190. The van der Waals surface area contributed by atoms with Crippen LogP contribution in [-0.4, -0.2) is 20.7 Å². The van der Waals surface area contributed by atoms with Crippen LogP contribution in [0.3, 0.4) is 0 Å². The molecule has 1 aromatic carbocycles. The Morgan fingerprint density at radius 2 is 1.81 bits per heavy atom. The number of aromatic nitrogens is 1. The Morgan fingerprint density at radius 3 is 2.33 bits per heavy atom. The van der Waals surface area contributed by atoms with Crippen molar-refractivity contribution < 1.29 is 10.3 Å². The molecule has 0 spiro atoms. The first-order valence-electron chi connectivity index (χ1n) is 8.38. The lowest BCUT2D eigenvalue weighted by Crippen LogP contribution is -2.18. The zero-order chi connectivity index (χ0) is 19.7. The number of nitrogens with two attached hydrogens (primary N) is 1. The van der Waals surface area contributed by atoms with E-state index in [0.29, 0.717) is 5.69 Å². The minimum atomic E-state index is 0.0293. The number of hydrogen-bond donors (Lipinski definition) is 3. The zero-order valence-electron chi connectivity index (χ0n) is 15.7. The molecular weight excluding hydrogens is 358 g/mol. The van der Waals surface area contributed by atoms with Gasteiger partial charge in [-0.15, -0.1) is 11.3 Å². The van der Waals surface area contributed by atoms with E-state index in [2.05, 4.69) is 29.3 Å². The fourth-order valence-electron chi connectivity index (χ4n) is 3.39. The summed E-state index contributed by atoms with van der Waals surface area (Å²) in [6.45, 7) is 5.88. The summed E-state index contributed by atoms with van der Waals surface area (Å²) < 4.78 is 1.86. The molecule has 0 aliphatic carbocycles. The number of benzene rings is 1. The Hall–Kier alpha value is -3.17. The minimum Gasteiger partial charge on any atom is -0.508 e. The van der Waals surface area contributed by atoms with Gasteiger partial charge in [-0.05, 0) is 55.3 Å². The van der Waals surface area contributed by atoms with Gasteiger partial charge < -0.3 is 20.6 Å². The number of aryl methyl sites for hydroxylation is 2. The Labute approximate surface area is 162 Å². The predicted molar refractivity (Wildman–Crippen MR) is 110 cm³/mol. The van der Waals surface area contributed by atoms with Crippen molar-refractivity contribution in [2.45, 2.75) is 20.8 Å². The highest BCUT2D eigenvalue weighted by Crippen LogP contribution is 2.44. The lowest BCUT2D eigenvalue weighted by atomic mass is 9.93. The van der Waals surface area contributed by atoms with Crippen LogP contribution in [0.4, 0.5) is 0 Å². The first-order chi connectivity index (χ1) is 12.9. The van der Waals surface area contributed by atoms with Crippen LogP contribution in [0.1, 0.15) is 28.8 Å². The molecule has 3 rings (SSSR count). The van der Waals surface area contributed by atoms with Gasteiger partial charge in [-0.1, -0.05) is 23.2 Å². The maximum atomic E-state index is 9.70. The van der Waals surface area contributed by atoms with Gasteiger partial charge in [-0.3, -0.25) is 0 Å². The van der Waals surface area contributed by atoms with Gasteiger partial charge in [0.15, 0.2) is 5.84 Å². The molecule has 0 saturated carbocycles. The van der Waals surface area contributed by atoms with Crippen LogP contribution in [0.15, 0.2) is 34.8 Å². The summed E-state index contributed by atoms with van der Waals surface area (Å²) in [5.74, 6) is 6.34. The van der Waals surface area contributed by atoms with Gasteiger partial charge in [0.1, 0.15) is 11.4 Å². The van der Waals surface area contributed by atoms with E-state index in [1.165, 1.54) is 0 Å². The summed E-state index contributed by atoms with van der Waals surface area (Å²) in [4.78, 5) is 1.14. The normalized spacial score (nSPS) is 11.3. The molecule has 27 heavy (non-hydrogen) atoms.